The van der Waals surface area contributed by atoms with Gasteiger partial charge in [0, 0.05) is 6.04 Å². The number of carboxylic acids is 1. The predicted octanol–water partition coefficient (Wildman–Crippen LogP) is 2.64. The van der Waals surface area contributed by atoms with Crippen LogP contribution in [0.5, 0.6) is 0 Å². The van der Waals surface area contributed by atoms with Crippen molar-refractivity contribution in [2.45, 2.75) is 51.1 Å². The number of fused-ring (bicyclic) bond motifs is 1. The molecule has 0 spiro atoms. The van der Waals surface area contributed by atoms with E-state index in [1.54, 1.807) is 13.4 Å². The summed E-state index contributed by atoms with van der Waals surface area (Å²) in [5, 5.41) is 9.54. The standard InChI is InChI=1S/C16H25NO5/c1-4-13-12-6-5-10(9-21-2)7-11(12)8-14(15(18)19)17(13)16(20)22-3/h9,11-14H,4-8H2,1-3H3,(H,18,19). The van der Waals surface area contributed by atoms with Crippen LogP contribution in [0.3, 0.4) is 0 Å². The Kier molecular flexibility index (Phi) is 5.32. The highest BCUT2D eigenvalue weighted by Gasteiger charge is 2.48. The van der Waals surface area contributed by atoms with Crippen molar-refractivity contribution in [2.75, 3.05) is 14.2 Å². The molecule has 22 heavy (non-hydrogen) atoms. The fourth-order valence-corrected chi connectivity index (χ4v) is 4.14. The number of likely N-dealkylation sites (tertiary alicyclic amines) is 1. The number of ether oxygens (including phenoxy) is 2. The number of hydrogen-bond donors (Lipinski definition) is 1. The van der Waals surface area contributed by atoms with Gasteiger partial charge < -0.3 is 14.6 Å². The van der Waals surface area contributed by atoms with Crippen LogP contribution in [0.25, 0.3) is 0 Å². The Morgan fingerprint density at radius 3 is 2.68 bits per heavy atom. The molecule has 1 aliphatic carbocycles. The second-order valence-corrected chi connectivity index (χ2v) is 6.12. The SMILES string of the molecule is CCC1C2CCC(=COC)CC2CC(C(=O)O)N1C(=O)OC. The van der Waals surface area contributed by atoms with Crippen LogP contribution in [-0.2, 0) is 14.3 Å². The summed E-state index contributed by atoms with van der Waals surface area (Å²) >= 11 is 0. The van der Waals surface area contributed by atoms with Crippen molar-refractivity contribution < 1.29 is 24.2 Å². The summed E-state index contributed by atoms with van der Waals surface area (Å²) in [6, 6.07) is -0.878. The smallest absolute Gasteiger partial charge is 0.410 e. The summed E-state index contributed by atoms with van der Waals surface area (Å²) < 4.78 is 9.94. The average molecular weight is 311 g/mol. The van der Waals surface area contributed by atoms with E-state index in [1.165, 1.54) is 17.6 Å². The minimum atomic E-state index is -0.954. The van der Waals surface area contributed by atoms with E-state index in [4.69, 9.17) is 9.47 Å². The molecule has 6 heteroatoms. The molecule has 1 amide bonds. The van der Waals surface area contributed by atoms with Crippen molar-refractivity contribution in [3.63, 3.8) is 0 Å². The number of carbonyl (C=O) groups is 2. The van der Waals surface area contributed by atoms with Crippen molar-refractivity contribution in [3.05, 3.63) is 11.8 Å². The molecule has 1 N–H and O–H groups in total. The van der Waals surface area contributed by atoms with Crippen LogP contribution in [0.2, 0.25) is 0 Å². The molecule has 2 rings (SSSR count). The van der Waals surface area contributed by atoms with Crippen LogP contribution in [0, 0.1) is 11.8 Å². The van der Waals surface area contributed by atoms with Gasteiger partial charge in [-0.3, -0.25) is 4.90 Å². The Morgan fingerprint density at radius 2 is 2.14 bits per heavy atom. The quantitative estimate of drug-likeness (QED) is 0.811. The maximum Gasteiger partial charge on any atom is 0.410 e. The minimum absolute atomic E-state index is 0.0728. The van der Waals surface area contributed by atoms with Gasteiger partial charge in [0.05, 0.1) is 20.5 Å². The lowest BCUT2D eigenvalue weighted by molar-refractivity contribution is -0.148. The summed E-state index contributed by atoms with van der Waals surface area (Å²) in [7, 11) is 2.94. The number of nitrogens with zero attached hydrogens (tertiary/aromatic N) is 1. The minimum Gasteiger partial charge on any atom is -0.504 e. The van der Waals surface area contributed by atoms with Gasteiger partial charge in [0.25, 0.3) is 0 Å². The molecule has 2 fully saturated rings. The summed E-state index contributed by atoms with van der Waals surface area (Å²) in [4.78, 5) is 25.2. The van der Waals surface area contributed by atoms with Gasteiger partial charge >= 0.3 is 12.1 Å². The molecule has 2 aliphatic rings. The first-order valence-corrected chi connectivity index (χ1v) is 7.83. The van der Waals surface area contributed by atoms with Gasteiger partial charge in [-0.25, -0.2) is 9.59 Å². The number of amides is 1. The van der Waals surface area contributed by atoms with Crippen molar-refractivity contribution in [2.24, 2.45) is 11.8 Å². The first-order valence-electron chi connectivity index (χ1n) is 7.83. The topological polar surface area (TPSA) is 76.1 Å². The van der Waals surface area contributed by atoms with Crippen LogP contribution in [-0.4, -0.2) is 48.4 Å². The number of carboxylic acid groups (broad SMARTS) is 1. The van der Waals surface area contributed by atoms with E-state index in [2.05, 4.69) is 0 Å². The first kappa shape index (κ1) is 16.6. The fourth-order valence-electron chi connectivity index (χ4n) is 4.14. The monoisotopic (exact) mass is 311 g/mol. The van der Waals surface area contributed by atoms with Crippen molar-refractivity contribution in [1.82, 2.24) is 4.90 Å². The molecule has 0 aromatic heterocycles. The number of carbonyl (C=O) groups excluding carboxylic acids is 1. The van der Waals surface area contributed by atoms with E-state index < -0.39 is 18.1 Å². The highest BCUT2D eigenvalue weighted by molar-refractivity contribution is 5.80. The first-order chi connectivity index (χ1) is 10.5. The third-order valence-electron chi connectivity index (χ3n) is 5.02. The molecule has 124 valence electrons. The largest absolute Gasteiger partial charge is 0.504 e. The highest BCUT2D eigenvalue weighted by atomic mass is 16.5. The Hall–Kier alpha value is -1.72. The molecule has 0 radical (unpaired) electrons. The summed E-state index contributed by atoms with van der Waals surface area (Å²) in [5.41, 5.74) is 1.23. The molecule has 1 heterocycles. The van der Waals surface area contributed by atoms with Crippen molar-refractivity contribution >= 4 is 12.1 Å². The van der Waals surface area contributed by atoms with Crippen LogP contribution < -0.4 is 0 Å². The van der Waals surface area contributed by atoms with Crippen molar-refractivity contribution in [1.29, 1.82) is 0 Å². The maximum atomic E-state index is 12.1. The molecule has 4 unspecified atom stereocenters. The second-order valence-electron chi connectivity index (χ2n) is 6.12. The zero-order valence-electron chi connectivity index (χ0n) is 13.4. The number of piperidine rings is 1. The number of hydrogen-bond acceptors (Lipinski definition) is 4. The number of rotatable bonds is 3. The normalized spacial score (nSPS) is 33.2. The predicted molar refractivity (Wildman–Crippen MR) is 80.3 cm³/mol. The average Bonchev–Trinajstić information content (AvgIpc) is 2.52. The van der Waals surface area contributed by atoms with Crippen LogP contribution in [0.1, 0.15) is 39.0 Å². The molecule has 0 aromatic rings. The molecule has 6 nitrogen and oxygen atoms in total. The Bertz CT molecular complexity index is 461. The van der Waals surface area contributed by atoms with E-state index >= 15 is 0 Å². The third kappa shape index (κ3) is 3.05. The number of allylic oxidation sites excluding steroid dienone is 1. The Balaban J connectivity index is 2.28. The summed E-state index contributed by atoms with van der Waals surface area (Å²) in [5.74, 6) is -0.346. The Labute approximate surface area is 131 Å². The number of methoxy groups -OCH3 is 2. The third-order valence-corrected chi connectivity index (χ3v) is 5.02. The van der Waals surface area contributed by atoms with Crippen LogP contribution >= 0.6 is 0 Å². The molecule has 0 bridgehead atoms. The highest BCUT2D eigenvalue weighted by Crippen LogP contribution is 2.45. The van der Waals surface area contributed by atoms with Gasteiger partial charge in [0.2, 0.25) is 0 Å². The van der Waals surface area contributed by atoms with Gasteiger partial charge in [-0.1, -0.05) is 6.92 Å². The molecule has 1 aliphatic heterocycles. The van der Waals surface area contributed by atoms with Gasteiger partial charge in [-0.2, -0.15) is 0 Å². The van der Waals surface area contributed by atoms with E-state index in [-0.39, 0.29) is 12.0 Å². The fraction of sp³-hybridized carbons (Fsp3) is 0.750. The molecular formula is C16H25NO5. The lowest BCUT2D eigenvalue weighted by Gasteiger charge is -2.49. The zero-order valence-corrected chi connectivity index (χ0v) is 13.4. The van der Waals surface area contributed by atoms with Gasteiger partial charge in [0.1, 0.15) is 6.04 Å². The molecular weight excluding hydrogens is 286 g/mol. The van der Waals surface area contributed by atoms with Gasteiger partial charge in [-0.15, -0.1) is 0 Å². The van der Waals surface area contributed by atoms with Gasteiger partial charge in [-0.05, 0) is 49.5 Å². The lowest BCUT2D eigenvalue weighted by atomic mass is 9.67. The van der Waals surface area contributed by atoms with E-state index in [0.29, 0.717) is 12.3 Å². The molecule has 4 atom stereocenters. The molecule has 0 aromatic carbocycles. The Morgan fingerprint density at radius 1 is 1.41 bits per heavy atom. The molecule has 1 saturated heterocycles. The summed E-state index contributed by atoms with van der Waals surface area (Å²) in [6.45, 7) is 2.00. The number of aliphatic carboxylic acids is 1. The van der Waals surface area contributed by atoms with E-state index in [0.717, 1.165) is 25.7 Å². The molecule has 1 saturated carbocycles. The maximum absolute atomic E-state index is 12.1. The van der Waals surface area contributed by atoms with Gasteiger partial charge in [0.15, 0.2) is 0 Å². The second kappa shape index (κ2) is 7.03. The van der Waals surface area contributed by atoms with E-state index in [1.807, 2.05) is 6.92 Å². The van der Waals surface area contributed by atoms with Crippen LogP contribution in [0.4, 0.5) is 4.79 Å². The lowest BCUT2D eigenvalue weighted by Crippen LogP contribution is -2.59. The van der Waals surface area contributed by atoms with Crippen LogP contribution in [0.15, 0.2) is 11.8 Å². The summed E-state index contributed by atoms with van der Waals surface area (Å²) in [6.07, 6.45) is 5.22. The zero-order chi connectivity index (χ0) is 16.3. The van der Waals surface area contributed by atoms with E-state index in [9.17, 15) is 14.7 Å². The van der Waals surface area contributed by atoms with Crippen molar-refractivity contribution in [3.8, 4) is 0 Å².